The lowest BCUT2D eigenvalue weighted by atomic mass is 10.2. The highest BCUT2D eigenvalue weighted by atomic mass is 35.5. The third kappa shape index (κ3) is 7.39. The van der Waals surface area contributed by atoms with Crippen LogP contribution in [0.15, 0.2) is 42.5 Å². The summed E-state index contributed by atoms with van der Waals surface area (Å²) in [5, 5.41) is -1.05. The van der Waals surface area contributed by atoms with E-state index in [1.807, 2.05) is 19.6 Å². The van der Waals surface area contributed by atoms with Gasteiger partial charge in [0.15, 0.2) is 0 Å². The van der Waals surface area contributed by atoms with Crippen molar-refractivity contribution in [2.75, 3.05) is 0 Å². The fourth-order valence-electron chi connectivity index (χ4n) is 2.62. The van der Waals surface area contributed by atoms with E-state index in [0.29, 0.717) is 12.1 Å². The number of aromatic nitrogens is 2. The van der Waals surface area contributed by atoms with Crippen LogP contribution in [-0.4, -0.2) is 18.3 Å². The molecule has 0 radical (unpaired) electrons. The molecule has 1 heterocycles. The van der Waals surface area contributed by atoms with Crippen molar-refractivity contribution >= 4 is 31.5 Å². The summed E-state index contributed by atoms with van der Waals surface area (Å²) in [6, 6.07) is 6.60. The molecule has 0 atom stereocenters. The van der Waals surface area contributed by atoms with Crippen LogP contribution in [0.25, 0.3) is 0 Å². The van der Waals surface area contributed by atoms with Crippen molar-refractivity contribution in [3.8, 4) is 29.3 Å². The van der Waals surface area contributed by atoms with E-state index in [9.17, 15) is 26.3 Å². The summed E-state index contributed by atoms with van der Waals surface area (Å²) >= 11 is 11.3. The Labute approximate surface area is 206 Å². The maximum absolute atomic E-state index is 13.2. The molecule has 14 heteroatoms. The predicted octanol–water partition coefficient (Wildman–Crippen LogP) is 8.62. The Hall–Kier alpha value is -2.70. The van der Waals surface area contributed by atoms with Crippen LogP contribution in [0, 0.1) is 0 Å². The van der Waals surface area contributed by atoms with Gasteiger partial charge in [0, 0.05) is 0 Å². The highest BCUT2D eigenvalue weighted by molar-refractivity contribution is 6.70. The van der Waals surface area contributed by atoms with E-state index in [4.69, 9.17) is 37.1 Å². The summed E-state index contributed by atoms with van der Waals surface area (Å²) in [5.41, 5.74) is -2.25. The molecule has 0 fully saturated rings. The lowest BCUT2D eigenvalue weighted by Crippen LogP contribution is -2.30. The Balaban J connectivity index is 1.99. The molecule has 0 amide bonds. The van der Waals surface area contributed by atoms with Gasteiger partial charge in [0.05, 0.1) is 27.2 Å². The molecular formula is C21H16Cl2F6N2O3Si. The Kier molecular flexibility index (Phi) is 7.49. The Morgan fingerprint density at radius 2 is 1.09 bits per heavy atom. The summed E-state index contributed by atoms with van der Waals surface area (Å²) in [6.07, 6.45) is -9.46. The zero-order valence-corrected chi connectivity index (χ0v) is 20.7. The van der Waals surface area contributed by atoms with Crippen molar-refractivity contribution in [1.82, 2.24) is 9.97 Å². The maximum Gasteiger partial charge on any atom is 0.417 e. The van der Waals surface area contributed by atoms with Crippen molar-refractivity contribution < 1.29 is 40.2 Å². The molecule has 35 heavy (non-hydrogen) atoms. The minimum atomic E-state index is -4.73. The average molecular weight is 557 g/mol. The monoisotopic (exact) mass is 556 g/mol. The molecule has 3 rings (SSSR count). The van der Waals surface area contributed by atoms with Gasteiger partial charge in [-0.25, -0.2) is 0 Å². The maximum atomic E-state index is 13.2. The Morgan fingerprint density at radius 3 is 1.43 bits per heavy atom. The summed E-state index contributed by atoms with van der Waals surface area (Å²) in [4.78, 5) is 8.05. The van der Waals surface area contributed by atoms with Gasteiger partial charge in [-0.1, -0.05) is 23.2 Å². The first-order valence-corrected chi connectivity index (χ1v) is 13.8. The molecule has 0 aliphatic rings. The van der Waals surface area contributed by atoms with Gasteiger partial charge in [0.2, 0.25) is 20.1 Å². The summed E-state index contributed by atoms with van der Waals surface area (Å²) in [6.45, 7) is 5.44. The molecule has 0 saturated heterocycles. The molecule has 0 unspecified atom stereocenters. The van der Waals surface area contributed by atoms with Crippen molar-refractivity contribution in [3.05, 3.63) is 63.6 Å². The number of ether oxygens (including phenoxy) is 2. The van der Waals surface area contributed by atoms with E-state index >= 15 is 0 Å². The number of halogens is 8. The Bertz CT molecular complexity index is 1150. The van der Waals surface area contributed by atoms with E-state index in [-0.39, 0.29) is 29.3 Å². The van der Waals surface area contributed by atoms with Gasteiger partial charge in [0.25, 0.3) is 0 Å². The largest absolute Gasteiger partial charge is 0.518 e. The van der Waals surface area contributed by atoms with Crippen LogP contribution in [-0.2, 0) is 12.4 Å². The number of alkyl halides is 6. The van der Waals surface area contributed by atoms with E-state index in [2.05, 4.69) is 9.97 Å². The van der Waals surface area contributed by atoms with Crippen LogP contribution in [0.2, 0.25) is 29.7 Å². The van der Waals surface area contributed by atoms with Gasteiger partial charge >= 0.3 is 18.4 Å². The van der Waals surface area contributed by atoms with Crippen LogP contribution in [0.3, 0.4) is 0 Å². The van der Waals surface area contributed by atoms with Gasteiger partial charge in [-0.15, -0.1) is 0 Å². The number of hydrogen-bond acceptors (Lipinski definition) is 5. The van der Waals surface area contributed by atoms with Crippen molar-refractivity contribution in [2.24, 2.45) is 0 Å². The molecule has 1 aromatic heterocycles. The minimum Gasteiger partial charge on any atom is -0.518 e. The van der Waals surface area contributed by atoms with Crippen LogP contribution < -0.4 is 13.9 Å². The van der Waals surface area contributed by atoms with Gasteiger partial charge in [0.1, 0.15) is 11.5 Å². The highest BCUT2D eigenvalue weighted by Gasteiger charge is 2.34. The fourth-order valence-corrected chi connectivity index (χ4v) is 3.71. The number of nitrogens with zero attached hydrogens (tertiary/aromatic N) is 2. The molecule has 5 nitrogen and oxygen atoms in total. The van der Waals surface area contributed by atoms with E-state index in [0.717, 1.165) is 18.2 Å². The lowest BCUT2D eigenvalue weighted by Gasteiger charge is -2.18. The smallest absolute Gasteiger partial charge is 0.417 e. The van der Waals surface area contributed by atoms with E-state index in [1.165, 1.54) is 12.1 Å². The molecule has 0 saturated carbocycles. The predicted molar refractivity (Wildman–Crippen MR) is 119 cm³/mol. The molecule has 0 spiro atoms. The molecule has 0 bridgehead atoms. The first kappa shape index (κ1) is 26.9. The van der Waals surface area contributed by atoms with Gasteiger partial charge in [-0.05, 0) is 56.0 Å². The molecule has 188 valence electrons. The average Bonchev–Trinajstić information content (AvgIpc) is 2.68. The van der Waals surface area contributed by atoms with E-state index < -0.39 is 41.8 Å². The first-order valence-electron chi connectivity index (χ1n) is 9.68. The topological polar surface area (TPSA) is 53.5 Å². The highest BCUT2D eigenvalue weighted by Crippen LogP contribution is 2.39. The quantitative estimate of drug-likeness (QED) is 0.224. The minimum absolute atomic E-state index is 0.230. The van der Waals surface area contributed by atoms with Crippen molar-refractivity contribution in [3.63, 3.8) is 0 Å². The van der Waals surface area contributed by atoms with Crippen LogP contribution in [0.5, 0.6) is 29.3 Å². The number of benzene rings is 2. The van der Waals surface area contributed by atoms with Gasteiger partial charge in [-0.2, -0.15) is 36.3 Å². The van der Waals surface area contributed by atoms with Crippen LogP contribution in [0.1, 0.15) is 11.1 Å². The molecule has 2 aromatic carbocycles. The zero-order valence-electron chi connectivity index (χ0n) is 18.2. The third-order valence-electron chi connectivity index (χ3n) is 3.99. The van der Waals surface area contributed by atoms with Crippen molar-refractivity contribution in [1.29, 1.82) is 0 Å². The third-order valence-corrected chi connectivity index (χ3v) is 5.44. The fraction of sp³-hybridized carbons (Fsp3) is 0.238. The number of hydrogen-bond donors (Lipinski definition) is 0. The van der Waals surface area contributed by atoms with E-state index in [1.54, 1.807) is 0 Å². The second-order valence-corrected chi connectivity index (χ2v) is 13.3. The molecule has 0 aliphatic carbocycles. The summed E-state index contributed by atoms with van der Waals surface area (Å²) in [7, 11) is -2.28. The number of rotatable bonds is 6. The molecule has 0 aliphatic heterocycles. The molecule has 3 aromatic rings. The first-order chi connectivity index (χ1) is 16.0. The molecular weight excluding hydrogens is 541 g/mol. The normalized spacial score (nSPS) is 12.4. The van der Waals surface area contributed by atoms with Crippen molar-refractivity contribution in [2.45, 2.75) is 32.0 Å². The second kappa shape index (κ2) is 9.74. The second-order valence-electron chi connectivity index (χ2n) is 8.02. The summed E-state index contributed by atoms with van der Waals surface area (Å²) < 4.78 is 95.7. The van der Waals surface area contributed by atoms with Crippen LogP contribution >= 0.6 is 23.2 Å². The zero-order chi connectivity index (χ0) is 26.2. The van der Waals surface area contributed by atoms with Gasteiger partial charge in [-0.3, -0.25) is 0 Å². The Morgan fingerprint density at radius 1 is 0.686 bits per heavy atom. The SMILES string of the molecule is C[Si](C)(C)Oc1nc(Oc2ccc(Cl)c(C(F)(F)F)c2)cc(Oc2ccc(Cl)c(C(F)(F)F)c2)n1. The lowest BCUT2D eigenvalue weighted by molar-refractivity contribution is -0.138. The summed E-state index contributed by atoms with van der Waals surface area (Å²) in [5.74, 6) is -1.06. The standard InChI is InChI=1S/C21H16Cl2F6N2O3Si/c1-35(2,3)34-19-30-17(32-11-4-6-15(22)13(8-11)20(24,25)26)10-18(31-19)33-12-5-7-16(23)14(9-12)21(27,28)29/h4-10H,1-3H3. The van der Waals surface area contributed by atoms with Gasteiger partial charge < -0.3 is 13.9 Å². The molecule has 0 N–H and O–H groups in total. The van der Waals surface area contributed by atoms with Crippen LogP contribution in [0.4, 0.5) is 26.3 Å².